The van der Waals surface area contributed by atoms with E-state index in [0.717, 1.165) is 29.3 Å². The second kappa shape index (κ2) is 5.59. The van der Waals surface area contributed by atoms with E-state index in [9.17, 15) is 9.90 Å². The molecule has 1 aliphatic carbocycles. The van der Waals surface area contributed by atoms with Gasteiger partial charge in [-0.1, -0.05) is 33.6 Å². The molecule has 2 N–H and O–H groups in total. The number of benzene rings is 1. The zero-order valence-electron chi connectivity index (χ0n) is 9.88. The van der Waals surface area contributed by atoms with Crippen LogP contribution < -0.4 is 5.32 Å². The molecule has 18 heavy (non-hydrogen) atoms. The number of aliphatic hydroxyl groups is 1. The molecular formula is C13H15BrClNO2. The SMILES string of the molecule is O=C(Cc1ccc(Cl)cc1Br)NCC1(O)CCC1. The fourth-order valence-corrected chi connectivity index (χ4v) is 2.75. The van der Waals surface area contributed by atoms with Crippen molar-refractivity contribution in [3.8, 4) is 0 Å². The Morgan fingerprint density at radius 3 is 2.78 bits per heavy atom. The predicted octanol–water partition coefficient (Wildman–Crippen LogP) is 2.68. The van der Waals surface area contributed by atoms with E-state index in [1.54, 1.807) is 12.1 Å². The van der Waals surface area contributed by atoms with E-state index < -0.39 is 5.60 Å². The highest BCUT2D eigenvalue weighted by molar-refractivity contribution is 9.10. The Hall–Kier alpha value is -0.580. The standard InChI is InChI=1S/C13H15BrClNO2/c14-11-7-10(15)3-2-9(11)6-12(17)16-8-13(18)4-1-5-13/h2-3,7,18H,1,4-6,8H2,(H,16,17). The van der Waals surface area contributed by atoms with Gasteiger partial charge in [0.2, 0.25) is 5.91 Å². The van der Waals surface area contributed by atoms with E-state index in [1.165, 1.54) is 0 Å². The van der Waals surface area contributed by atoms with Crippen LogP contribution in [0.1, 0.15) is 24.8 Å². The first-order valence-electron chi connectivity index (χ1n) is 5.92. The molecular weight excluding hydrogens is 318 g/mol. The van der Waals surface area contributed by atoms with Crippen LogP contribution in [-0.4, -0.2) is 23.2 Å². The molecule has 0 radical (unpaired) electrons. The Morgan fingerprint density at radius 1 is 1.50 bits per heavy atom. The van der Waals surface area contributed by atoms with Crippen LogP contribution >= 0.6 is 27.5 Å². The van der Waals surface area contributed by atoms with E-state index in [-0.39, 0.29) is 12.3 Å². The summed E-state index contributed by atoms with van der Waals surface area (Å²) in [5, 5.41) is 13.3. The zero-order chi connectivity index (χ0) is 13.2. The molecule has 1 aromatic rings. The largest absolute Gasteiger partial charge is 0.388 e. The molecule has 5 heteroatoms. The molecule has 1 fully saturated rings. The maximum Gasteiger partial charge on any atom is 0.224 e. The normalized spacial score (nSPS) is 17.1. The van der Waals surface area contributed by atoms with Crippen molar-refractivity contribution in [3.05, 3.63) is 33.3 Å². The van der Waals surface area contributed by atoms with E-state index in [4.69, 9.17) is 11.6 Å². The fraction of sp³-hybridized carbons (Fsp3) is 0.462. The molecule has 0 aromatic heterocycles. The highest BCUT2D eigenvalue weighted by Gasteiger charge is 2.34. The lowest BCUT2D eigenvalue weighted by Gasteiger charge is -2.36. The van der Waals surface area contributed by atoms with E-state index >= 15 is 0 Å². The third-order valence-electron chi connectivity index (χ3n) is 3.27. The lowest BCUT2D eigenvalue weighted by atomic mass is 9.80. The number of halogens is 2. The van der Waals surface area contributed by atoms with Gasteiger partial charge in [0.05, 0.1) is 12.0 Å². The molecule has 3 nitrogen and oxygen atoms in total. The van der Waals surface area contributed by atoms with Crippen LogP contribution in [0.5, 0.6) is 0 Å². The van der Waals surface area contributed by atoms with Crippen molar-refractivity contribution in [1.29, 1.82) is 0 Å². The molecule has 0 saturated heterocycles. The van der Waals surface area contributed by atoms with Crippen LogP contribution in [0.4, 0.5) is 0 Å². The van der Waals surface area contributed by atoms with E-state index in [1.807, 2.05) is 6.07 Å². The average molecular weight is 333 g/mol. The van der Waals surface area contributed by atoms with E-state index in [2.05, 4.69) is 21.2 Å². The summed E-state index contributed by atoms with van der Waals surface area (Å²) in [6, 6.07) is 5.35. The van der Waals surface area contributed by atoms with Crippen molar-refractivity contribution in [2.24, 2.45) is 0 Å². The lowest BCUT2D eigenvalue weighted by molar-refractivity contribution is -0.122. The van der Waals surface area contributed by atoms with Gasteiger partial charge in [-0.2, -0.15) is 0 Å². The van der Waals surface area contributed by atoms with Gasteiger partial charge < -0.3 is 10.4 Å². The highest BCUT2D eigenvalue weighted by atomic mass is 79.9. The molecule has 0 atom stereocenters. The van der Waals surface area contributed by atoms with Crippen molar-refractivity contribution in [3.63, 3.8) is 0 Å². The topological polar surface area (TPSA) is 49.3 Å². The summed E-state index contributed by atoms with van der Waals surface area (Å²) in [6.45, 7) is 0.344. The number of carbonyl (C=O) groups excluding carboxylic acids is 1. The molecule has 1 aliphatic rings. The molecule has 2 rings (SSSR count). The zero-order valence-corrected chi connectivity index (χ0v) is 12.2. The van der Waals surface area contributed by atoms with Gasteiger partial charge in [0.25, 0.3) is 0 Å². The Kier molecular flexibility index (Phi) is 4.30. The summed E-state index contributed by atoms with van der Waals surface area (Å²) < 4.78 is 0.826. The molecule has 0 bridgehead atoms. The second-order valence-corrected chi connectivity index (χ2v) is 6.06. The summed E-state index contributed by atoms with van der Waals surface area (Å²) in [5.74, 6) is -0.0849. The smallest absolute Gasteiger partial charge is 0.224 e. The summed E-state index contributed by atoms with van der Waals surface area (Å²) in [7, 11) is 0. The second-order valence-electron chi connectivity index (χ2n) is 4.77. The summed E-state index contributed by atoms with van der Waals surface area (Å²) in [6.07, 6.45) is 2.87. The van der Waals surface area contributed by atoms with Crippen LogP contribution in [0.15, 0.2) is 22.7 Å². The number of hydrogen-bond acceptors (Lipinski definition) is 2. The van der Waals surface area contributed by atoms with Crippen molar-refractivity contribution >= 4 is 33.4 Å². The predicted molar refractivity (Wildman–Crippen MR) is 74.7 cm³/mol. The van der Waals surface area contributed by atoms with Crippen LogP contribution in [0.3, 0.4) is 0 Å². The molecule has 98 valence electrons. The lowest BCUT2D eigenvalue weighted by Crippen LogP contribution is -2.48. The minimum Gasteiger partial charge on any atom is -0.388 e. The fourth-order valence-electron chi connectivity index (χ4n) is 1.93. The van der Waals surface area contributed by atoms with Crippen molar-refractivity contribution in [1.82, 2.24) is 5.32 Å². The molecule has 0 unspecified atom stereocenters. The minimum absolute atomic E-state index is 0.0849. The Morgan fingerprint density at radius 2 is 2.22 bits per heavy atom. The molecule has 1 amide bonds. The van der Waals surface area contributed by atoms with Crippen molar-refractivity contribution in [2.75, 3.05) is 6.54 Å². The quantitative estimate of drug-likeness (QED) is 0.890. The summed E-state index contributed by atoms with van der Waals surface area (Å²) in [5.41, 5.74) is 0.213. The molecule has 1 aromatic carbocycles. The first kappa shape index (κ1) is 13.8. The number of rotatable bonds is 4. The molecule has 0 heterocycles. The van der Waals surface area contributed by atoms with Gasteiger partial charge in [-0.25, -0.2) is 0 Å². The van der Waals surface area contributed by atoms with Crippen LogP contribution in [0.2, 0.25) is 5.02 Å². The van der Waals surface area contributed by atoms with Crippen LogP contribution in [-0.2, 0) is 11.2 Å². The maximum absolute atomic E-state index is 11.8. The van der Waals surface area contributed by atoms with Gasteiger partial charge in [-0.05, 0) is 37.0 Å². The van der Waals surface area contributed by atoms with Crippen molar-refractivity contribution < 1.29 is 9.90 Å². The van der Waals surface area contributed by atoms with Crippen LogP contribution in [0.25, 0.3) is 0 Å². The van der Waals surface area contributed by atoms with Gasteiger partial charge >= 0.3 is 0 Å². The first-order valence-corrected chi connectivity index (χ1v) is 7.09. The molecule has 0 aliphatic heterocycles. The third-order valence-corrected chi connectivity index (χ3v) is 4.24. The number of nitrogens with one attached hydrogen (secondary N) is 1. The van der Waals surface area contributed by atoms with Gasteiger partial charge in [0.1, 0.15) is 0 Å². The summed E-state index contributed by atoms with van der Waals surface area (Å²) in [4.78, 5) is 11.8. The molecule has 0 spiro atoms. The number of carbonyl (C=O) groups is 1. The minimum atomic E-state index is -0.674. The number of amides is 1. The Labute approximate surface area is 120 Å². The van der Waals surface area contributed by atoms with Gasteiger partial charge in [-0.15, -0.1) is 0 Å². The summed E-state index contributed by atoms with van der Waals surface area (Å²) >= 11 is 9.21. The van der Waals surface area contributed by atoms with Gasteiger partial charge in [-0.3, -0.25) is 4.79 Å². The Bertz CT molecular complexity index is 460. The highest BCUT2D eigenvalue weighted by Crippen LogP contribution is 2.30. The average Bonchev–Trinajstić information content (AvgIpc) is 2.28. The Balaban J connectivity index is 1.87. The van der Waals surface area contributed by atoms with Crippen LogP contribution in [0, 0.1) is 0 Å². The third kappa shape index (κ3) is 3.46. The molecule has 1 saturated carbocycles. The van der Waals surface area contributed by atoms with Gasteiger partial charge in [0, 0.05) is 16.0 Å². The first-order chi connectivity index (χ1) is 8.48. The van der Waals surface area contributed by atoms with E-state index in [0.29, 0.717) is 11.6 Å². The maximum atomic E-state index is 11.8. The monoisotopic (exact) mass is 331 g/mol. The number of hydrogen-bond donors (Lipinski definition) is 2. The van der Waals surface area contributed by atoms with Gasteiger partial charge in [0.15, 0.2) is 0 Å². The van der Waals surface area contributed by atoms with Crippen molar-refractivity contribution in [2.45, 2.75) is 31.3 Å².